The average molecular weight is 348 g/mol. The van der Waals surface area contributed by atoms with Crippen LogP contribution in [0.15, 0.2) is 40.9 Å². The number of nitrogens with one attached hydrogen (secondary N) is 2. The maximum atomic E-state index is 6.14. The van der Waals surface area contributed by atoms with Gasteiger partial charge in [0.15, 0.2) is 5.96 Å². The van der Waals surface area contributed by atoms with Gasteiger partial charge in [0, 0.05) is 30.6 Å². The third kappa shape index (κ3) is 4.52. The summed E-state index contributed by atoms with van der Waals surface area (Å²) >= 11 is 6.14. The van der Waals surface area contributed by atoms with Crippen molar-refractivity contribution in [2.24, 2.45) is 4.99 Å². The van der Waals surface area contributed by atoms with E-state index in [9.17, 15) is 0 Å². The van der Waals surface area contributed by atoms with Crippen molar-refractivity contribution < 1.29 is 4.74 Å². The molecule has 1 fully saturated rings. The number of ether oxygens (including phenoxy) is 1. The number of halogens is 1. The number of aliphatic imine (C=N–C) groups is 1. The molecule has 0 saturated heterocycles. The van der Waals surface area contributed by atoms with Crippen LogP contribution in [0.2, 0.25) is 5.02 Å². The van der Waals surface area contributed by atoms with E-state index in [2.05, 4.69) is 33.8 Å². The summed E-state index contributed by atoms with van der Waals surface area (Å²) in [6, 6.07) is 8.23. The first kappa shape index (κ1) is 17.3. The zero-order valence-corrected chi connectivity index (χ0v) is 15.0. The Morgan fingerprint density at radius 1 is 1.33 bits per heavy atom. The van der Waals surface area contributed by atoms with Crippen molar-refractivity contribution in [1.29, 1.82) is 0 Å². The Bertz CT molecular complexity index is 623. The molecule has 130 valence electrons. The highest BCUT2D eigenvalue weighted by molar-refractivity contribution is 6.30. The molecule has 4 nitrogen and oxygen atoms in total. The molecule has 0 unspecified atom stereocenters. The molecular formula is C19H26ClN3O. The summed E-state index contributed by atoms with van der Waals surface area (Å²) in [6.07, 6.45) is 6.68. The second kappa shape index (κ2) is 8.04. The van der Waals surface area contributed by atoms with Gasteiger partial charge in [-0.1, -0.05) is 35.4 Å². The lowest BCUT2D eigenvalue weighted by atomic mass is 9.96. The van der Waals surface area contributed by atoms with Crippen LogP contribution in [-0.2, 0) is 10.2 Å². The summed E-state index contributed by atoms with van der Waals surface area (Å²) in [4.78, 5) is 4.34. The minimum absolute atomic E-state index is 0.214. The number of guanidine groups is 1. The Hall–Kier alpha value is -1.52. The zero-order chi connectivity index (χ0) is 16.8. The van der Waals surface area contributed by atoms with E-state index in [0.717, 1.165) is 50.1 Å². The molecule has 2 N–H and O–H groups in total. The number of rotatable bonds is 6. The van der Waals surface area contributed by atoms with E-state index in [1.54, 1.807) is 0 Å². The highest BCUT2D eigenvalue weighted by Gasteiger charge is 2.44. The van der Waals surface area contributed by atoms with Crippen LogP contribution in [0.3, 0.4) is 0 Å². The molecule has 1 saturated carbocycles. The first-order valence-electron chi connectivity index (χ1n) is 8.68. The van der Waals surface area contributed by atoms with Gasteiger partial charge < -0.3 is 15.4 Å². The van der Waals surface area contributed by atoms with E-state index < -0.39 is 0 Å². The Morgan fingerprint density at radius 2 is 2.21 bits per heavy atom. The zero-order valence-electron chi connectivity index (χ0n) is 14.3. The molecule has 1 aliphatic heterocycles. The van der Waals surface area contributed by atoms with Crippen LogP contribution in [-0.4, -0.2) is 39.3 Å². The first-order chi connectivity index (χ1) is 11.7. The third-order valence-electron chi connectivity index (χ3n) is 4.90. The van der Waals surface area contributed by atoms with Gasteiger partial charge in [0.05, 0.1) is 13.2 Å². The molecule has 1 aromatic carbocycles. The molecule has 2 aliphatic rings. The number of hydrogen-bond donors (Lipinski definition) is 2. The van der Waals surface area contributed by atoms with Gasteiger partial charge in [0.25, 0.3) is 0 Å². The molecule has 3 rings (SSSR count). The molecule has 1 aliphatic carbocycles. The fourth-order valence-electron chi connectivity index (χ4n) is 3.14. The van der Waals surface area contributed by atoms with Crippen molar-refractivity contribution in [3.63, 3.8) is 0 Å². The fraction of sp³-hybridized carbons (Fsp3) is 0.526. The predicted molar refractivity (Wildman–Crippen MR) is 99.9 cm³/mol. The first-order valence-corrected chi connectivity index (χ1v) is 9.06. The van der Waals surface area contributed by atoms with Gasteiger partial charge in [0.2, 0.25) is 0 Å². The van der Waals surface area contributed by atoms with Crippen LogP contribution in [0.5, 0.6) is 0 Å². The molecule has 0 atom stereocenters. The van der Waals surface area contributed by atoms with Gasteiger partial charge in [-0.2, -0.15) is 0 Å². The maximum Gasteiger partial charge on any atom is 0.191 e. The quantitative estimate of drug-likeness (QED) is 0.471. The van der Waals surface area contributed by atoms with Crippen molar-refractivity contribution >= 4 is 17.6 Å². The Kier molecular flexibility index (Phi) is 5.80. The lowest BCUT2D eigenvalue weighted by molar-refractivity contribution is 0.153. The van der Waals surface area contributed by atoms with Crippen LogP contribution in [0, 0.1) is 0 Å². The second-order valence-corrected chi connectivity index (χ2v) is 7.02. The Labute approximate surface area is 149 Å². The van der Waals surface area contributed by atoms with Crippen molar-refractivity contribution in [2.75, 3.05) is 33.4 Å². The van der Waals surface area contributed by atoms with E-state index in [1.165, 1.54) is 24.0 Å². The summed E-state index contributed by atoms with van der Waals surface area (Å²) in [5.41, 5.74) is 3.01. The van der Waals surface area contributed by atoms with Gasteiger partial charge in [0.1, 0.15) is 0 Å². The number of nitrogens with zero attached hydrogens (tertiary/aromatic N) is 1. The standard InChI is InChI=1S/C19H26ClN3O/c1-21-18(22-10-5-15-6-11-24-12-7-15)23-14-19(8-9-19)16-3-2-4-17(20)13-16/h2-4,6,13H,5,7-12,14H2,1H3,(H2,21,22,23). The lowest BCUT2D eigenvalue weighted by Gasteiger charge is -2.20. The van der Waals surface area contributed by atoms with E-state index in [-0.39, 0.29) is 5.41 Å². The molecule has 0 radical (unpaired) electrons. The van der Waals surface area contributed by atoms with Crippen LogP contribution in [0.1, 0.15) is 31.2 Å². The number of hydrogen-bond acceptors (Lipinski definition) is 2. The molecule has 1 heterocycles. The normalized spacial score (nSPS) is 19.6. The smallest absolute Gasteiger partial charge is 0.191 e. The van der Waals surface area contributed by atoms with E-state index in [1.807, 2.05) is 19.2 Å². The fourth-order valence-corrected chi connectivity index (χ4v) is 3.33. The number of benzene rings is 1. The van der Waals surface area contributed by atoms with Crippen LogP contribution in [0.4, 0.5) is 0 Å². The van der Waals surface area contributed by atoms with E-state index in [4.69, 9.17) is 16.3 Å². The molecule has 0 bridgehead atoms. The van der Waals surface area contributed by atoms with Gasteiger partial charge in [-0.25, -0.2) is 0 Å². The molecule has 1 aromatic rings. The summed E-state index contributed by atoms with van der Waals surface area (Å²) in [5.74, 6) is 0.871. The van der Waals surface area contributed by atoms with Crippen molar-refractivity contribution in [3.05, 3.63) is 46.5 Å². The lowest BCUT2D eigenvalue weighted by Crippen LogP contribution is -2.41. The molecular weight excluding hydrogens is 322 g/mol. The predicted octanol–water partition coefficient (Wildman–Crippen LogP) is 3.27. The maximum absolute atomic E-state index is 6.14. The largest absolute Gasteiger partial charge is 0.377 e. The van der Waals surface area contributed by atoms with Crippen molar-refractivity contribution in [2.45, 2.75) is 31.1 Å². The monoisotopic (exact) mass is 347 g/mol. The molecule has 5 heteroatoms. The van der Waals surface area contributed by atoms with E-state index in [0.29, 0.717) is 0 Å². The Morgan fingerprint density at radius 3 is 2.88 bits per heavy atom. The molecule has 24 heavy (non-hydrogen) atoms. The van der Waals surface area contributed by atoms with Crippen molar-refractivity contribution in [1.82, 2.24) is 10.6 Å². The second-order valence-electron chi connectivity index (χ2n) is 6.58. The molecule has 0 spiro atoms. The summed E-state index contributed by atoms with van der Waals surface area (Å²) < 4.78 is 5.34. The average Bonchev–Trinajstić information content (AvgIpc) is 3.40. The van der Waals surface area contributed by atoms with Crippen LogP contribution < -0.4 is 10.6 Å². The summed E-state index contributed by atoms with van der Waals surface area (Å²) in [7, 11) is 1.82. The highest BCUT2D eigenvalue weighted by atomic mass is 35.5. The van der Waals surface area contributed by atoms with Gasteiger partial charge in [-0.15, -0.1) is 0 Å². The van der Waals surface area contributed by atoms with Crippen LogP contribution >= 0.6 is 11.6 Å². The van der Waals surface area contributed by atoms with Gasteiger partial charge >= 0.3 is 0 Å². The van der Waals surface area contributed by atoms with Crippen molar-refractivity contribution in [3.8, 4) is 0 Å². The molecule has 0 amide bonds. The summed E-state index contributed by atoms with van der Waals surface area (Å²) in [5, 5.41) is 7.70. The van der Waals surface area contributed by atoms with E-state index >= 15 is 0 Å². The Balaban J connectivity index is 1.47. The van der Waals surface area contributed by atoms with Gasteiger partial charge in [-0.05, 0) is 43.4 Å². The highest BCUT2D eigenvalue weighted by Crippen LogP contribution is 2.48. The minimum atomic E-state index is 0.214. The minimum Gasteiger partial charge on any atom is -0.377 e. The van der Waals surface area contributed by atoms with Gasteiger partial charge in [-0.3, -0.25) is 4.99 Å². The third-order valence-corrected chi connectivity index (χ3v) is 5.14. The molecule has 0 aromatic heterocycles. The topological polar surface area (TPSA) is 45.7 Å². The summed E-state index contributed by atoms with van der Waals surface area (Å²) in [6.45, 7) is 3.39. The SMILES string of the molecule is CN=C(NCCC1=CCOCC1)NCC1(c2cccc(Cl)c2)CC1. The van der Waals surface area contributed by atoms with Crippen LogP contribution in [0.25, 0.3) is 0 Å².